The Morgan fingerprint density at radius 2 is 1.76 bits per heavy atom. The molecule has 0 bridgehead atoms. The molecule has 2 amide bonds. The predicted molar refractivity (Wildman–Crippen MR) is 121 cm³/mol. The quantitative estimate of drug-likeness (QED) is 0.751. The molecule has 1 aromatic heterocycles. The standard InChI is InChI=1S/C25H30F2N4O2/c26-25(27)8-6-24(7-9-25)15-20(24)23(33)29-16-21(32)31-13-11-30(12-14-31)17-19-4-1-3-18-5-2-10-28-22(18)19/h1-5,10,20H,6-9,11-17H2,(H,29,33). The Kier molecular flexibility index (Phi) is 5.80. The van der Waals surface area contributed by atoms with Crippen LogP contribution in [0.1, 0.15) is 37.7 Å². The second-order valence-corrected chi connectivity index (χ2v) is 9.84. The summed E-state index contributed by atoms with van der Waals surface area (Å²) >= 11 is 0. The lowest BCUT2D eigenvalue weighted by Gasteiger charge is -2.35. The van der Waals surface area contributed by atoms with E-state index in [9.17, 15) is 18.4 Å². The summed E-state index contributed by atoms with van der Waals surface area (Å²) in [6.07, 6.45) is 3.03. The van der Waals surface area contributed by atoms with E-state index in [0.717, 1.165) is 30.5 Å². The number of hydrogen-bond acceptors (Lipinski definition) is 4. The Balaban J connectivity index is 1.07. The Bertz CT molecular complexity index is 1040. The summed E-state index contributed by atoms with van der Waals surface area (Å²) in [6.45, 7) is 3.54. The SMILES string of the molecule is O=C(NCC(=O)N1CCN(Cc2cccc3cccnc23)CC1)C1CC12CCC(F)(F)CC2. The van der Waals surface area contributed by atoms with E-state index in [4.69, 9.17) is 0 Å². The predicted octanol–water partition coefficient (Wildman–Crippen LogP) is 3.21. The lowest BCUT2D eigenvalue weighted by molar-refractivity contribution is -0.135. The number of alkyl halides is 2. The van der Waals surface area contributed by atoms with Gasteiger partial charge in [-0.05, 0) is 36.3 Å². The van der Waals surface area contributed by atoms with E-state index in [1.807, 2.05) is 18.3 Å². The molecule has 1 aromatic carbocycles. The van der Waals surface area contributed by atoms with E-state index < -0.39 is 5.92 Å². The summed E-state index contributed by atoms with van der Waals surface area (Å²) < 4.78 is 26.8. The van der Waals surface area contributed by atoms with Crippen molar-refractivity contribution in [3.8, 4) is 0 Å². The monoisotopic (exact) mass is 456 g/mol. The van der Waals surface area contributed by atoms with Crippen LogP contribution in [0.4, 0.5) is 8.78 Å². The third-order valence-electron chi connectivity index (χ3n) is 7.73. The van der Waals surface area contributed by atoms with Gasteiger partial charge >= 0.3 is 0 Å². The molecule has 176 valence electrons. The van der Waals surface area contributed by atoms with Gasteiger partial charge in [0, 0.05) is 63.1 Å². The molecule has 33 heavy (non-hydrogen) atoms. The van der Waals surface area contributed by atoms with Gasteiger partial charge in [0.25, 0.3) is 0 Å². The highest BCUT2D eigenvalue weighted by Crippen LogP contribution is 2.63. The minimum atomic E-state index is -2.59. The molecule has 2 aliphatic carbocycles. The first-order valence-corrected chi connectivity index (χ1v) is 11.8. The first kappa shape index (κ1) is 22.2. The smallest absolute Gasteiger partial charge is 0.248 e. The lowest BCUT2D eigenvalue weighted by Crippen LogP contribution is -2.51. The summed E-state index contributed by atoms with van der Waals surface area (Å²) in [5.74, 6) is -3.04. The normalized spacial score (nSPS) is 24.1. The van der Waals surface area contributed by atoms with Gasteiger partial charge in [-0.3, -0.25) is 19.5 Å². The van der Waals surface area contributed by atoms with Crippen molar-refractivity contribution < 1.29 is 18.4 Å². The third-order valence-corrected chi connectivity index (χ3v) is 7.73. The number of benzene rings is 1. The van der Waals surface area contributed by atoms with Gasteiger partial charge in [-0.2, -0.15) is 0 Å². The molecule has 1 N–H and O–H groups in total. The minimum absolute atomic E-state index is 0.0190. The number of carbonyl (C=O) groups excluding carboxylic acids is 2. The van der Waals surface area contributed by atoms with Crippen LogP contribution in [0.5, 0.6) is 0 Å². The van der Waals surface area contributed by atoms with Crippen molar-refractivity contribution in [3.05, 3.63) is 42.1 Å². The van der Waals surface area contributed by atoms with E-state index in [-0.39, 0.29) is 42.5 Å². The molecule has 1 unspecified atom stereocenters. The van der Waals surface area contributed by atoms with E-state index in [1.165, 1.54) is 5.56 Å². The molecule has 2 saturated carbocycles. The summed E-state index contributed by atoms with van der Waals surface area (Å²) in [5, 5.41) is 3.89. The molecule has 5 rings (SSSR count). The van der Waals surface area contributed by atoms with Gasteiger partial charge in [0.05, 0.1) is 12.1 Å². The van der Waals surface area contributed by atoms with Crippen molar-refractivity contribution in [2.45, 2.75) is 44.6 Å². The molecule has 8 heteroatoms. The van der Waals surface area contributed by atoms with Gasteiger partial charge in [-0.1, -0.05) is 24.3 Å². The van der Waals surface area contributed by atoms with Crippen molar-refractivity contribution in [3.63, 3.8) is 0 Å². The maximum absolute atomic E-state index is 13.4. The van der Waals surface area contributed by atoms with Crippen molar-refractivity contribution in [2.24, 2.45) is 11.3 Å². The molecule has 3 aliphatic rings. The maximum atomic E-state index is 13.4. The second-order valence-electron chi connectivity index (χ2n) is 9.84. The minimum Gasteiger partial charge on any atom is -0.347 e. The highest BCUT2D eigenvalue weighted by molar-refractivity contribution is 5.88. The number of hydrogen-bond donors (Lipinski definition) is 1. The first-order valence-electron chi connectivity index (χ1n) is 11.8. The largest absolute Gasteiger partial charge is 0.347 e. The van der Waals surface area contributed by atoms with Gasteiger partial charge in [-0.25, -0.2) is 8.78 Å². The Morgan fingerprint density at radius 3 is 2.52 bits per heavy atom. The average Bonchev–Trinajstić information content (AvgIpc) is 3.54. The molecule has 2 aromatic rings. The van der Waals surface area contributed by atoms with Crippen molar-refractivity contribution in [1.29, 1.82) is 0 Å². The van der Waals surface area contributed by atoms with Gasteiger partial charge in [0.15, 0.2) is 0 Å². The fraction of sp³-hybridized carbons (Fsp3) is 0.560. The van der Waals surface area contributed by atoms with Crippen LogP contribution < -0.4 is 5.32 Å². The van der Waals surface area contributed by atoms with Gasteiger partial charge < -0.3 is 10.2 Å². The topological polar surface area (TPSA) is 65.5 Å². The molecule has 1 atom stereocenters. The van der Waals surface area contributed by atoms with Crippen LogP contribution in [0.25, 0.3) is 10.9 Å². The fourth-order valence-corrected chi connectivity index (χ4v) is 5.47. The molecular weight excluding hydrogens is 426 g/mol. The summed E-state index contributed by atoms with van der Waals surface area (Å²) in [5.41, 5.74) is 1.94. The Hall–Kier alpha value is -2.61. The molecule has 1 aliphatic heterocycles. The summed E-state index contributed by atoms with van der Waals surface area (Å²) in [7, 11) is 0. The molecule has 1 saturated heterocycles. The first-order chi connectivity index (χ1) is 15.9. The number of aromatic nitrogens is 1. The van der Waals surface area contributed by atoms with Crippen molar-refractivity contribution >= 4 is 22.7 Å². The number of amides is 2. The van der Waals surface area contributed by atoms with Crippen molar-refractivity contribution in [1.82, 2.24) is 20.1 Å². The van der Waals surface area contributed by atoms with Gasteiger partial charge in [0.1, 0.15) is 0 Å². The number of pyridine rings is 1. The number of nitrogens with one attached hydrogen (secondary N) is 1. The molecular formula is C25H30F2N4O2. The van der Waals surface area contributed by atoms with Gasteiger partial charge in [-0.15, -0.1) is 0 Å². The second kappa shape index (κ2) is 8.63. The van der Waals surface area contributed by atoms with Gasteiger partial charge in [0.2, 0.25) is 17.7 Å². The molecule has 2 heterocycles. The van der Waals surface area contributed by atoms with Crippen LogP contribution in [0, 0.1) is 11.3 Å². The van der Waals surface area contributed by atoms with Crippen molar-refractivity contribution in [2.75, 3.05) is 32.7 Å². The van der Waals surface area contributed by atoms with E-state index >= 15 is 0 Å². The molecule has 3 fully saturated rings. The van der Waals surface area contributed by atoms with Crippen LogP contribution in [0.2, 0.25) is 0 Å². The van der Waals surface area contributed by atoms with Crippen LogP contribution in [-0.2, 0) is 16.1 Å². The highest BCUT2D eigenvalue weighted by Gasteiger charge is 2.60. The number of halogens is 2. The lowest BCUT2D eigenvalue weighted by atomic mass is 9.82. The number of nitrogens with zero attached hydrogens (tertiary/aromatic N) is 3. The molecule has 0 radical (unpaired) electrons. The Morgan fingerprint density at radius 1 is 1.03 bits per heavy atom. The van der Waals surface area contributed by atoms with Crippen LogP contribution >= 0.6 is 0 Å². The van der Waals surface area contributed by atoms with Crippen LogP contribution in [0.15, 0.2) is 36.5 Å². The highest BCUT2D eigenvalue weighted by atomic mass is 19.3. The van der Waals surface area contributed by atoms with Crippen LogP contribution in [0.3, 0.4) is 0 Å². The maximum Gasteiger partial charge on any atom is 0.248 e. The number of carbonyl (C=O) groups is 2. The zero-order valence-corrected chi connectivity index (χ0v) is 18.7. The number of piperazine rings is 1. The van der Waals surface area contributed by atoms with E-state index in [1.54, 1.807) is 4.90 Å². The van der Waals surface area contributed by atoms with E-state index in [2.05, 4.69) is 33.4 Å². The molecule has 1 spiro atoms. The Labute approximate surface area is 192 Å². The molecule has 6 nitrogen and oxygen atoms in total. The van der Waals surface area contributed by atoms with E-state index in [0.29, 0.717) is 32.4 Å². The number of fused-ring (bicyclic) bond motifs is 1. The number of para-hydroxylation sites is 1. The third kappa shape index (κ3) is 4.71. The van der Waals surface area contributed by atoms with Crippen LogP contribution in [-0.4, -0.2) is 65.2 Å². The fourth-order valence-electron chi connectivity index (χ4n) is 5.47. The zero-order valence-electron chi connectivity index (χ0n) is 18.7. The average molecular weight is 457 g/mol. The number of rotatable bonds is 5. The summed E-state index contributed by atoms with van der Waals surface area (Å²) in [6, 6.07) is 10.2. The summed E-state index contributed by atoms with van der Waals surface area (Å²) in [4.78, 5) is 33.8. The zero-order chi connectivity index (χ0) is 23.1.